The minimum Gasteiger partial charge on any atom is -0.464 e. The van der Waals surface area contributed by atoms with Gasteiger partial charge in [-0.15, -0.1) is 0 Å². The summed E-state index contributed by atoms with van der Waals surface area (Å²) in [6.07, 6.45) is 1.20. The second kappa shape index (κ2) is 5.67. The van der Waals surface area contributed by atoms with Crippen molar-refractivity contribution >= 4 is 29.2 Å². The van der Waals surface area contributed by atoms with Crippen molar-refractivity contribution in [2.75, 3.05) is 12.8 Å². The van der Waals surface area contributed by atoms with Crippen LogP contribution in [0.5, 0.6) is 0 Å². The predicted molar refractivity (Wildman–Crippen MR) is 72.7 cm³/mol. The van der Waals surface area contributed by atoms with E-state index in [0.29, 0.717) is 5.56 Å². The lowest BCUT2D eigenvalue weighted by atomic mass is 10.2. The Labute approximate surface area is 122 Å². The van der Waals surface area contributed by atoms with Crippen molar-refractivity contribution in [1.29, 1.82) is 0 Å². The number of carbonyl (C=O) groups is 1. The summed E-state index contributed by atoms with van der Waals surface area (Å²) in [7, 11) is 1.17. The highest BCUT2D eigenvalue weighted by molar-refractivity contribution is 6.35. The molecule has 0 aliphatic carbocycles. The van der Waals surface area contributed by atoms with Crippen LogP contribution in [0.15, 0.2) is 18.3 Å². The van der Waals surface area contributed by atoms with Crippen LogP contribution in [0.2, 0.25) is 5.02 Å². The molecule has 0 aliphatic heterocycles. The first-order chi connectivity index (χ1) is 9.93. The normalized spacial score (nSPS) is 10.2. The van der Waals surface area contributed by atoms with Crippen LogP contribution in [0.1, 0.15) is 10.5 Å². The lowest BCUT2D eigenvalue weighted by Gasteiger charge is -2.06. The average molecular weight is 310 g/mol. The third-order valence-corrected chi connectivity index (χ3v) is 2.82. The van der Waals surface area contributed by atoms with Crippen molar-refractivity contribution in [3.8, 4) is 11.4 Å². The molecule has 0 bridgehead atoms. The van der Waals surface area contributed by atoms with Crippen LogP contribution in [-0.4, -0.2) is 33.0 Å². The van der Waals surface area contributed by atoms with Crippen molar-refractivity contribution in [3.05, 3.63) is 39.2 Å². The van der Waals surface area contributed by atoms with Crippen molar-refractivity contribution in [2.24, 2.45) is 0 Å². The number of nitrogens with zero attached hydrogens (tertiary/aromatic N) is 4. The van der Waals surface area contributed by atoms with Crippen molar-refractivity contribution in [3.63, 3.8) is 0 Å². The maximum Gasteiger partial charge on any atom is 0.363 e. The minimum absolute atomic E-state index is 0.0553. The standard InChI is InChI=1S/C11H8ClN5O4/c1-21-11(18)8-7(12)9(13)16-10(15-8)5-2-3-6(14-4-5)17(19)20/h2-4H,1H3,(H2,13,15,16). The number of ether oxygens (including phenoxy) is 1. The van der Waals surface area contributed by atoms with E-state index in [1.165, 1.54) is 25.4 Å². The monoisotopic (exact) mass is 309 g/mol. The van der Waals surface area contributed by atoms with E-state index in [1.807, 2.05) is 0 Å². The Morgan fingerprint density at radius 3 is 2.67 bits per heavy atom. The molecule has 0 fully saturated rings. The number of hydrogen-bond acceptors (Lipinski definition) is 8. The molecule has 0 aromatic carbocycles. The van der Waals surface area contributed by atoms with Crippen molar-refractivity contribution in [1.82, 2.24) is 15.0 Å². The zero-order valence-corrected chi connectivity index (χ0v) is 11.4. The van der Waals surface area contributed by atoms with Crippen molar-refractivity contribution < 1.29 is 14.5 Å². The Hall–Kier alpha value is -2.81. The van der Waals surface area contributed by atoms with Gasteiger partial charge in [0, 0.05) is 6.07 Å². The molecule has 0 saturated heterocycles. The molecule has 2 aromatic heterocycles. The number of esters is 1. The Bertz CT molecular complexity index is 719. The van der Waals surface area contributed by atoms with E-state index in [1.54, 1.807) is 0 Å². The van der Waals surface area contributed by atoms with E-state index in [0.717, 1.165) is 0 Å². The molecule has 0 amide bonds. The van der Waals surface area contributed by atoms with E-state index in [2.05, 4.69) is 19.7 Å². The van der Waals surface area contributed by atoms with Crippen LogP contribution in [0.3, 0.4) is 0 Å². The number of aromatic nitrogens is 3. The molecule has 0 unspecified atom stereocenters. The summed E-state index contributed by atoms with van der Waals surface area (Å²) in [5.41, 5.74) is 5.76. The van der Waals surface area contributed by atoms with Gasteiger partial charge in [0.1, 0.15) is 10.8 Å². The average Bonchev–Trinajstić information content (AvgIpc) is 2.49. The number of nitrogens with two attached hydrogens (primary N) is 1. The molecule has 9 nitrogen and oxygen atoms in total. The molecule has 2 aromatic rings. The summed E-state index contributed by atoms with van der Waals surface area (Å²) in [6, 6.07) is 2.57. The maximum absolute atomic E-state index is 11.6. The van der Waals surface area contributed by atoms with Gasteiger partial charge in [0.2, 0.25) is 0 Å². The van der Waals surface area contributed by atoms with E-state index in [9.17, 15) is 14.9 Å². The molecule has 10 heteroatoms. The first kappa shape index (κ1) is 14.6. The van der Waals surface area contributed by atoms with Crippen LogP contribution in [-0.2, 0) is 4.74 Å². The molecule has 108 valence electrons. The summed E-state index contributed by atoms with van der Waals surface area (Å²) >= 11 is 5.84. The molecular weight excluding hydrogens is 302 g/mol. The smallest absolute Gasteiger partial charge is 0.363 e. The lowest BCUT2D eigenvalue weighted by Crippen LogP contribution is -2.10. The number of methoxy groups -OCH3 is 1. The number of nitro groups is 1. The number of halogens is 1. The SMILES string of the molecule is COC(=O)c1nc(-c2ccc([N+](=O)[O-])nc2)nc(N)c1Cl. The topological polar surface area (TPSA) is 134 Å². The van der Waals surface area contributed by atoms with Gasteiger partial charge in [-0.05, 0) is 16.0 Å². The fourth-order valence-corrected chi connectivity index (χ4v) is 1.61. The molecule has 2 N–H and O–H groups in total. The van der Waals surface area contributed by atoms with E-state index in [-0.39, 0.29) is 28.2 Å². The van der Waals surface area contributed by atoms with E-state index >= 15 is 0 Å². The van der Waals surface area contributed by atoms with Gasteiger partial charge in [0.25, 0.3) is 0 Å². The summed E-state index contributed by atoms with van der Waals surface area (Å²) < 4.78 is 4.54. The number of rotatable bonds is 3. The van der Waals surface area contributed by atoms with Crippen molar-refractivity contribution in [2.45, 2.75) is 0 Å². The summed E-state index contributed by atoms with van der Waals surface area (Å²) in [5.74, 6) is -1.15. The van der Waals surface area contributed by atoms with Gasteiger partial charge in [-0.25, -0.2) is 14.8 Å². The van der Waals surface area contributed by atoms with Crippen LogP contribution < -0.4 is 5.73 Å². The largest absolute Gasteiger partial charge is 0.464 e. The van der Waals surface area contributed by atoms with Crippen LogP contribution in [0, 0.1) is 10.1 Å². The summed E-state index contributed by atoms with van der Waals surface area (Å²) in [4.78, 5) is 32.9. The highest BCUT2D eigenvalue weighted by Gasteiger charge is 2.19. The fourth-order valence-electron chi connectivity index (χ4n) is 1.45. The van der Waals surface area contributed by atoms with Gasteiger partial charge in [0.05, 0.1) is 12.7 Å². The minimum atomic E-state index is -0.773. The second-order valence-corrected chi connectivity index (χ2v) is 4.13. The molecule has 0 saturated carbocycles. The molecular formula is C11H8ClN5O4. The molecule has 2 rings (SSSR count). The van der Waals surface area contributed by atoms with Gasteiger partial charge < -0.3 is 20.6 Å². The van der Waals surface area contributed by atoms with Crippen LogP contribution >= 0.6 is 11.6 Å². The number of hydrogen-bond donors (Lipinski definition) is 1. The summed E-state index contributed by atoms with van der Waals surface area (Å²) in [5, 5.41) is 10.4. The molecule has 0 spiro atoms. The Kier molecular flexibility index (Phi) is 3.94. The number of anilines is 1. The van der Waals surface area contributed by atoms with E-state index in [4.69, 9.17) is 17.3 Å². The molecule has 2 heterocycles. The zero-order chi connectivity index (χ0) is 15.6. The third kappa shape index (κ3) is 2.87. The quantitative estimate of drug-likeness (QED) is 0.511. The highest BCUT2D eigenvalue weighted by atomic mass is 35.5. The van der Waals surface area contributed by atoms with Crippen LogP contribution in [0.25, 0.3) is 11.4 Å². The third-order valence-electron chi connectivity index (χ3n) is 2.45. The number of carbonyl (C=O) groups excluding carboxylic acids is 1. The van der Waals surface area contributed by atoms with Gasteiger partial charge in [-0.3, -0.25) is 0 Å². The predicted octanol–water partition coefficient (Wildman–Crippen LogP) is 1.47. The molecule has 0 atom stereocenters. The molecule has 0 aliphatic rings. The Balaban J connectivity index is 2.51. The molecule has 0 radical (unpaired) electrons. The Morgan fingerprint density at radius 1 is 1.43 bits per heavy atom. The van der Waals surface area contributed by atoms with Gasteiger partial charge in [0.15, 0.2) is 17.7 Å². The fraction of sp³-hybridized carbons (Fsp3) is 0.0909. The van der Waals surface area contributed by atoms with E-state index < -0.39 is 10.9 Å². The van der Waals surface area contributed by atoms with Gasteiger partial charge in [-0.2, -0.15) is 0 Å². The lowest BCUT2D eigenvalue weighted by molar-refractivity contribution is -0.389. The zero-order valence-electron chi connectivity index (χ0n) is 10.6. The Morgan fingerprint density at radius 2 is 2.14 bits per heavy atom. The van der Waals surface area contributed by atoms with Gasteiger partial charge >= 0.3 is 11.8 Å². The van der Waals surface area contributed by atoms with Crippen LogP contribution in [0.4, 0.5) is 11.6 Å². The second-order valence-electron chi connectivity index (χ2n) is 3.75. The number of pyridine rings is 1. The first-order valence-corrected chi connectivity index (χ1v) is 5.84. The van der Waals surface area contributed by atoms with Gasteiger partial charge in [-0.1, -0.05) is 11.6 Å². The maximum atomic E-state index is 11.6. The highest BCUT2D eigenvalue weighted by Crippen LogP contribution is 2.25. The number of nitrogen functional groups attached to an aromatic ring is 1. The molecule has 21 heavy (non-hydrogen) atoms. The first-order valence-electron chi connectivity index (χ1n) is 5.46. The summed E-state index contributed by atoms with van der Waals surface area (Å²) in [6.45, 7) is 0.